The molecule has 29 heavy (non-hydrogen) atoms. The molecular weight excluding hydrogens is 390 g/mol. The number of rotatable bonds is 6. The van der Waals surface area contributed by atoms with Crippen LogP contribution in [-0.2, 0) is 9.47 Å². The van der Waals surface area contributed by atoms with E-state index in [1.54, 1.807) is 29.2 Å². The number of nitrogens with zero attached hydrogens (tertiary/aromatic N) is 1. The van der Waals surface area contributed by atoms with Gasteiger partial charge in [0.15, 0.2) is 0 Å². The number of hydrogen-bond donors (Lipinski definition) is 1. The molecule has 2 heterocycles. The second kappa shape index (κ2) is 8.02. The minimum Gasteiger partial charge on any atom is -0.396 e. The summed E-state index contributed by atoms with van der Waals surface area (Å²) in [5.74, 6) is 0. The Bertz CT molecular complexity index is 800. The predicted molar refractivity (Wildman–Crippen MR) is 96.5 cm³/mol. The lowest BCUT2D eigenvalue weighted by molar-refractivity contribution is -0.0649. The number of halogens is 4. The van der Waals surface area contributed by atoms with E-state index in [0.717, 1.165) is 0 Å². The number of aliphatic hydroxyl groups is 1. The van der Waals surface area contributed by atoms with Crippen molar-refractivity contribution < 1.29 is 32.1 Å². The molecular formula is C21H21F4NO3. The lowest BCUT2D eigenvalue weighted by atomic mass is 9.94. The van der Waals surface area contributed by atoms with Crippen LogP contribution in [0.3, 0.4) is 0 Å². The van der Waals surface area contributed by atoms with Crippen molar-refractivity contribution in [1.29, 1.82) is 0 Å². The summed E-state index contributed by atoms with van der Waals surface area (Å²) >= 11 is 0. The SMILES string of the molecule is OCCC12CO[C@H](c3ccccc3C(F)F)N1[C@H](c1ccccc1C(F)F)OC2. The van der Waals surface area contributed by atoms with Crippen molar-refractivity contribution in [2.24, 2.45) is 0 Å². The minimum absolute atomic E-state index is 0.142. The summed E-state index contributed by atoms with van der Waals surface area (Å²) in [6, 6.07) is 12.1. The summed E-state index contributed by atoms with van der Waals surface area (Å²) in [7, 11) is 0. The molecule has 1 N–H and O–H groups in total. The Morgan fingerprint density at radius 1 is 0.862 bits per heavy atom. The zero-order chi connectivity index (χ0) is 20.6. The van der Waals surface area contributed by atoms with Crippen LogP contribution in [0.4, 0.5) is 17.6 Å². The van der Waals surface area contributed by atoms with Gasteiger partial charge in [0.1, 0.15) is 12.5 Å². The third-order valence-electron chi connectivity index (χ3n) is 5.64. The molecule has 2 aliphatic heterocycles. The molecule has 4 nitrogen and oxygen atoms in total. The molecule has 156 valence electrons. The molecule has 2 aromatic rings. The Morgan fingerprint density at radius 2 is 1.31 bits per heavy atom. The van der Waals surface area contributed by atoms with Gasteiger partial charge in [-0.25, -0.2) is 22.5 Å². The third-order valence-corrected chi connectivity index (χ3v) is 5.64. The van der Waals surface area contributed by atoms with E-state index in [-0.39, 0.29) is 48.5 Å². The first-order valence-corrected chi connectivity index (χ1v) is 9.35. The van der Waals surface area contributed by atoms with E-state index in [2.05, 4.69) is 0 Å². The fraction of sp³-hybridized carbons (Fsp3) is 0.429. The maximum atomic E-state index is 13.6. The van der Waals surface area contributed by atoms with Gasteiger partial charge in [-0.15, -0.1) is 0 Å². The molecule has 0 aromatic heterocycles. The Balaban J connectivity index is 1.81. The van der Waals surface area contributed by atoms with Gasteiger partial charge in [-0.05, 0) is 6.42 Å². The molecule has 2 aliphatic rings. The van der Waals surface area contributed by atoms with Gasteiger partial charge in [-0.2, -0.15) is 0 Å². The van der Waals surface area contributed by atoms with Crippen LogP contribution in [0.15, 0.2) is 48.5 Å². The lowest BCUT2D eigenvalue weighted by Crippen LogP contribution is -2.45. The summed E-state index contributed by atoms with van der Waals surface area (Å²) in [4.78, 5) is 1.73. The molecule has 4 rings (SSSR count). The second-order valence-electron chi connectivity index (χ2n) is 7.29. The highest BCUT2D eigenvalue weighted by Gasteiger charge is 2.57. The minimum atomic E-state index is -2.71. The van der Waals surface area contributed by atoms with Crippen molar-refractivity contribution in [2.75, 3.05) is 19.8 Å². The van der Waals surface area contributed by atoms with Crippen molar-refractivity contribution in [3.05, 3.63) is 70.8 Å². The number of fused-ring (bicyclic) bond motifs is 1. The number of ether oxygens (including phenoxy) is 2. The molecule has 3 atom stereocenters. The van der Waals surface area contributed by atoms with Crippen LogP contribution in [0.2, 0.25) is 0 Å². The standard InChI is InChI=1S/C21H21F4NO3/c22-17(23)13-5-1-3-7-15(13)19-26-20(16-8-4-2-6-14(16)18(24)25)29-12-21(26,9-10-27)11-28-19/h1-8,17-20,27H,9-12H2/t19-,20+,21?. The van der Waals surface area contributed by atoms with Crippen molar-refractivity contribution >= 4 is 0 Å². The molecule has 0 spiro atoms. The fourth-order valence-corrected chi connectivity index (χ4v) is 4.27. The Hall–Kier alpha value is -2.00. The molecule has 2 saturated heterocycles. The number of aliphatic hydroxyl groups excluding tert-OH is 1. The van der Waals surface area contributed by atoms with E-state index in [1.165, 1.54) is 24.3 Å². The van der Waals surface area contributed by atoms with E-state index in [1.807, 2.05) is 0 Å². The third kappa shape index (κ3) is 3.44. The summed E-state index contributed by atoms with van der Waals surface area (Å²) in [6.07, 6.45) is -6.95. The van der Waals surface area contributed by atoms with Crippen LogP contribution >= 0.6 is 0 Å². The van der Waals surface area contributed by atoms with E-state index < -0.39 is 30.8 Å². The van der Waals surface area contributed by atoms with E-state index in [4.69, 9.17) is 9.47 Å². The van der Waals surface area contributed by atoms with Gasteiger partial charge >= 0.3 is 0 Å². The van der Waals surface area contributed by atoms with Crippen molar-refractivity contribution in [1.82, 2.24) is 4.90 Å². The Morgan fingerprint density at radius 3 is 1.72 bits per heavy atom. The van der Waals surface area contributed by atoms with Gasteiger partial charge < -0.3 is 14.6 Å². The summed E-state index contributed by atoms with van der Waals surface area (Å²) < 4.78 is 66.3. The van der Waals surface area contributed by atoms with E-state index in [9.17, 15) is 22.7 Å². The van der Waals surface area contributed by atoms with Crippen LogP contribution in [0.25, 0.3) is 0 Å². The number of alkyl halides is 4. The summed E-state index contributed by atoms with van der Waals surface area (Å²) in [6.45, 7) is 0.113. The van der Waals surface area contributed by atoms with Crippen molar-refractivity contribution in [2.45, 2.75) is 37.3 Å². The van der Waals surface area contributed by atoms with Crippen molar-refractivity contribution in [3.63, 3.8) is 0 Å². The molecule has 0 saturated carbocycles. The Labute approximate surface area is 165 Å². The molecule has 0 amide bonds. The topological polar surface area (TPSA) is 41.9 Å². The van der Waals surface area contributed by atoms with Gasteiger partial charge in [0, 0.05) is 28.9 Å². The Kier molecular flexibility index (Phi) is 5.61. The van der Waals surface area contributed by atoms with Crippen LogP contribution in [0, 0.1) is 0 Å². The molecule has 2 aromatic carbocycles. The van der Waals surface area contributed by atoms with Gasteiger partial charge in [-0.3, -0.25) is 0 Å². The lowest BCUT2D eigenvalue weighted by Gasteiger charge is -2.35. The highest BCUT2D eigenvalue weighted by Crippen LogP contribution is 2.52. The van der Waals surface area contributed by atoms with Gasteiger partial charge in [0.25, 0.3) is 12.9 Å². The van der Waals surface area contributed by atoms with Gasteiger partial charge in [-0.1, -0.05) is 48.5 Å². The maximum Gasteiger partial charge on any atom is 0.264 e. The molecule has 1 unspecified atom stereocenters. The first-order valence-electron chi connectivity index (χ1n) is 9.35. The van der Waals surface area contributed by atoms with Crippen LogP contribution in [0.1, 0.15) is 54.0 Å². The van der Waals surface area contributed by atoms with Gasteiger partial charge in [0.05, 0.1) is 18.8 Å². The summed E-state index contributed by atoms with van der Waals surface area (Å²) in [5.41, 5.74) is -0.593. The van der Waals surface area contributed by atoms with Crippen LogP contribution < -0.4 is 0 Å². The van der Waals surface area contributed by atoms with Gasteiger partial charge in [0.2, 0.25) is 0 Å². The average Bonchev–Trinajstić information content (AvgIpc) is 3.25. The number of benzene rings is 2. The smallest absolute Gasteiger partial charge is 0.264 e. The molecule has 0 bridgehead atoms. The van der Waals surface area contributed by atoms with E-state index in [0.29, 0.717) is 0 Å². The summed E-state index contributed by atoms with van der Waals surface area (Å²) in [5, 5.41) is 9.59. The monoisotopic (exact) mass is 411 g/mol. The second-order valence-corrected chi connectivity index (χ2v) is 7.29. The largest absolute Gasteiger partial charge is 0.396 e. The quantitative estimate of drug-likeness (QED) is 0.697. The van der Waals surface area contributed by atoms with Crippen LogP contribution in [-0.4, -0.2) is 35.4 Å². The van der Waals surface area contributed by atoms with Crippen molar-refractivity contribution in [3.8, 4) is 0 Å². The zero-order valence-electron chi connectivity index (χ0n) is 15.5. The highest BCUT2D eigenvalue weighted by atomic mass is 19.3. The number of hydrogen-bond acceptors (Lipinski definition) is 4. The molecule has 0 radical (unpaired) electrons. The predicted octanol–water partition coefficient (Wildman–Crippen LogP) is 4.74. The highest BCUT2D eigenvalue weighted by molar-refractivity contribution is 5.35. The van der Waals surface area contributed by atoms with E-state index >= 15 is 0 Å². The fourth-order valence-electron chi connectivity index (χ4n) is 4.27. The normalized spacial score (nSPS) is 27.1. The molecule has 0 aliphatic carbocycles. The zero-order valence-corrected chi connectivity index (χ0v) is 15.5. The molecule has 8 heteroatoms. The van der Waals surface area contributed by atoms with Crippen LogP contribution in [0.5, 0.6) is 0 Å². The first kappa shape index (κ1) is 20.3. The first-order chi connectivity index (χ1) is 14.0. The molecule has 2 fully saturated rings. The maximum absolute atomic E-state index is 13.6. The average molecular weight is 411 g/mol.